The minimum absolute atomic E-state index is 0.00285. The molecule has 2 heterocycles. The lowest BCUT2D eigenvalue weighted by Gasteiger charge is -2.14. The summed E-state index contributed by atoms with van der Waals surface area (Å²) in [6, 6.07) is 11.3. The van der Waals surface area contributed by atoms with Crippen molar-refractivity contribution < 1.29 is 14.3 Å². The molecule has 0 unspecified atom stereocenters. The first-order valence-corrected chi connectivity index (χ1v) is 15.5. The van der Waals surface area contributed by atoms with Crippen LogP contribution < -0.4 is 20.9 Å². The number of carbonyl (C=O) groups is 2. The lowest BCUT2D eigenvalue weighted by Crippen LogP contribution is -2.34. The Morgan fingerprint density at radius 1 is 1.05 bits per heavy atom. The third kappa shape index (κ3) is 6.33. The van der Waals surface area contributed by atoms with E-state index in [1.54, 1.807) is 29.1 Å². The number of ether oxygens (including phenoxy) is 1. The molecule has 2 amide bonds. The van der Waals surface area contributed by atoms with E-state index in [0.29, 0.717) is 26.8 Å². The van der Waals surface area contributed by atoms with Crippen molar-refractivity contribution in [3.8, 4) is 11.4 Å². The number of thiophene rings is 1. The Balaban J connectivity index is 1.37. The first-order valence-electron chi connectivity index (χ1n) is 13.7. The Bertz CT molecular complexity index is 1670. The number of amides is 2. The number of aryl methyl sites for hydroxylation is 5. The Labute approximate surface area is 247 Å². The SMILES string of the molecule is COc1cccc(-n2c(SCC(=O)NCC(=O)Nc3c(C)cc(C)cc3C)nc3sc4c(c3c2=O)CCCCC4)c1. The highest BCUT2D eigenvalue weighted by Crippen LogP contribution is 2.35. The van der Waals surface area contributed by atoms with Crippen molar-refractivity contribution in [3.63, 3.8) is 0 Å². The smallest absolute Gasteiger partial charge is 0.267 e. The van der Waals surface area contributed by atoms with E-state index >= 15 is 0 Å². The maximum Gasteiger partial charge on any atom is 0.267 e. The summed E-state index contributed by atoms with van der Waals surface area (Å²) in [5.74, 6) is 0.00259. The number of hydrogen-bond acceptors (Lipinski definition) is 7. The van der Waals surface area contributed by atoms with Gasteiger partial charge in [-0.15, -0.1) is 11.3 Å². The molecule has 2 aromatic heterocycles. The molecule has 10 heteroatoms. The molecule has 5 rings (SSSR count). The van der Waals surface area contributed by atoms with E-state index in [4.69, 9.17) is 9.72 Å². The molecule has 0 fully saturated rings. The number of hydrogen-bond donors (Lipinski definition) is 2. The Hall–Kier alpha value is -3.63. The van der Waals surface area contributed by atoms with E-state index in [9.17, 15) is 14.4 Å². The number of aromatic nitrogens is 2. The predicted molar refractivity (Wildman–Crippen MR) is 166 cm³/mol. The third-order valence-electron chi connectivity index (χ3n) is 7.24. The van der Waals surface area contributed by atoms with Gasteiger partial charge in [0.15, 0.2) is 5.16 Å². The van der Waals surface area contributed by atoms with Gasteiger partial charge in [0.05, 0.1) is 30.5 Å². The molecule has 41 heavy (non-hydrogen) atoms. The van der Waals surface area contributed by atoms with Crippen molar-refractivity contribution in [2.75, 3.05) is 24.7 Å². The van der Waals surface area contributed by atoms with Crippen LogP contribution in [0.5, 0.6) is 5.75 Å². The molecule has 2 N–H and O–H groups in total. The van der Waals surface area contributed by atoms with Gasteiger partial charge in [-0.05, 0) is 75.3 Å². The fourth-order valence-corrected chi connectivity index (χ4v) is 7.50. The molecule has 0 aliphatic heterocycles. The topological polar surface area (TPSA) is 102 Å². The summed E-state index contributed by atoms with van der Waals surface area (Å²) in [6.07, 6.45) is 5.17. The average Bonchev–Trinajstić information content (AvgIpc) is 3.13. The maximum absolute atomic E-state index is 14.0. The second-order valence-electron chi connectivity index (χ2n) is 10.4. The highest BCUT2D eigenvalue weighted by molar-refractivity contribution is 7.99. The number of rotatable bonds is 8. The fourth-order valence-electron chi connectivity index (χ4n) is 5.36. The Morgan fingerprint density at radius 3 is 2.56 bits per heavy atom. The lowest BCUT2D eigenvalue weighted by molar-refractivity contribution is -0.122. The molecular weight excluding hydrogens is 556 g/mol. The van der Waals surface area contributed by atoms with Crippen LogP contribution in [0.4, 0.5) is 5.69 Å². The predicted octanol–water partition coefficient (Wildman–Crippen LogP) is 5.50. The summed E-state index contributed by atoms with van der Waals surface area (Å²) in [6.45, 7) is 5.75. The Kier molecular flexibility index (Phi) is 8.79. The van der Waals surface area contributed by atoms with Crippen molar-refractivity contribution in [2.45, 2.75) is 58.0 Å². The molecule has 1 aliphatic rings. The maximum atomic E-state index is 14.0. The number of benzene rings is 2. The molecule has 4 aromatic rings. The molecule has 1 aliphatic carbocycles. The van der Waals surface area contributed by atoms with Gasteiger partial charge < -0.3 is 15.4 Å². The van der Waals surface area contributed by atoms with E-state index in [1.807, 2.05) is 51.1 Å². The number of carbonyl (C=O) groups excluding carboxylic acids is 2. The van der Waals surface area contributed by atoms with Crippen LogP contribution in [0.2, 0.25) is 0 Å². The van der Waals surface area contributed by atoms with E-state index in [2.05, 4.69) is 10.6 Å². The zero-order valence-electron chi connectivity index (χ0n) is 23.8. The van der Waals surface area contributed by atoms with Crippen molar-refractivity contribution >= 4 is 50.8 Å². The minimum Gasteiger partial charge on any atom is -0.497 e. The Morgan fingerprint density at radius 2 is 1.80 bits per heavy atom. The van der Waals surface area contributed by atoms with E-state index in [0.717, 1.165) is 60.0 Å². The van der Waals surface area contributed by atoms with Gasteiger partial charge in [-0.25, -0.2) is 4.98 Å². The van der Waals surface area contributed by atoms with Crippen molar-refractivity contribution in [1.29, 1.82) is 0 Å². The highest BCUT2D eigenvalue weighted by atomic mass is 32.2. The van der Waals surface area contributed by atoms with Crippen LogP contribution in [-0.2, 0) is 22.4 Å². The molecule has 0 spiro atoms. The summed E-state index contributed by atoms with van der Waals surface area (Å²) in [5, 5.41) is 6.71. The number of fused-ring (bicyclic) bond motifs is 3. The standard InChI is InChI=1S/C31H34N4O4S2/c1-18-13-19(2)28(20(3)14-18)33-25(36)16-32-26(37)17-40-31-34-29-27(23-11-6-5-7-12-24(23)41-29)30(38)35(31)21-9-8-10-22(15-21)39-4/h8-10,13-15H,5-7,11-12,16-17H2,1-4H3,(H,32,37)(H,33,36). The molecule has 2 aromatic carbocycles. The number of thioether (sulfide) groups is 1. The van der Waals surface area contributed by atoms with Crippen LogP contribution in [0, 0.1) is 20.8 Å². The second-order valence-corrected chi connectivity index (χ2v) is 12.4. The molecule has 0 radical (unpaired) electrons. The molecule has 0 bridgehead atoms. The van der Waals surface area contributed by atoms with Gasteiger partial charge in [-0.2, -0.15) is 0 Å². The van der Waals surface area contributed by atoms with Crippen LogP contribution in [-0.4, -0.2) is 40.8 Å². The zero-order chi connectivity index (χ0) is 29.1. The molecule has 214 valence electrons. The number of nitrogens with zero attached hydrogens (tertiary/aromatic N) is 2. The first kappa shape index (κ1) is 28.9. The normalized spacial score (nSPS) is 13.0. The second kappa shape index (κ2) is 12.5. The summed E-state index contributed by atoms with van der Waals surface area (Å²) >= 11 is 2.77. The first-order chi connectivity index (χ1) is 19.7. The van der Waals surface area contributed by atoms with Crippen molar-refractivity contribution in [2.24, 2.45) is 0 Å². The highest BCUT2D eigenvalue weighted by Gasteiger charge is 2.23. The molecule has 0 atom stereocenters. The van der Waals surface area contributed by atoms with Crippen molar-refractivity contribution in [3.05, 3.63) is 73.9 Å². The summed E-state index contributed by atoms with van der Waals surface area (Å²) in [7, 11) is 1.58. The van der Waals surface area contributed by atoms with E-state index in [1.165, 1.54) is 16.6 Å². The molecule has 8 nitrogen and oxygen atoms in total. The van der Waals surface area contributed by atoms with Gasteiger partial charge in [0.1, 0.15) is 10.6 Å². The van der Waals surface area contributed by atoms with Gasteiger partial charge in [0.2, 0.25) is 11.8 Å². The van der Waals surface area contributed by atoms with Gasteiger partial charge in [0, 0.05) is 16.6 Å². The summed E-state index contributed by atoms with van der Waals surface area (Å²) < 4.78 is 6.99. The third-order valence-corrected chi connectivity index (χ3v) is 9.36. The summed E-state index contributed by atoms with van der Waals surface area (Å²) in [5.41, 5.74) is 5.45. The molecular formula is C31H34N4O4S2. The average molecular weight is 591 g/mol. The summed E-state index contributed by atoms with van der Waals surface area (Å²) in [4.78, 5) is 46.3. The van der Waals surface area contributed by atoms with Gasteiger partial charge in [-0.1, -0.05) is 41.9 Å². The monoisotopic (exact) mass is 590 g/mol. The number of methoxy groups -OCH3 is 1. The van der Waals surface area contributed by atoms with Crippen LogP contribution >= 0.6 is 23.1 Å². The largest absolute Gasteiger partial charge is 0.497 e. The van der Waals surface area contributed by atoms with Crippen molar-refractivity contribution in [1.82, 2.24) is 14.9 Å². The van der Waals surface area contributed by atoms with E-state index in [-0.39, 0.29) is 29.7 Å². The van der Waals surface area contributed by atoms with Crippen LogP contribution in [0.25, 0.3) is 15.9 Å². The van der Waals surface area contributed by atoms with Gasteiger partial charge >= 0.3 is 0 Å². The number of anilines is 1. The fraction of sp³-hybridized carbons (Fsp3) is 0.355. The van der Waals surface area contributed by atoms with Gasteiger partial charge in [-0.3, -0.25) is 19.0 Å². The zero-order valence-corrected chi connectivity index (χ0v) is 25.4. The van der Waals surface area contributed by atoms with Crippen LogP contribution in [0.1, 0.15) is 46.4 Å². The molecule has 0 saturated carbocycles. The van der Waals surface area contributed by atoms with Crippen LogP contribution in [0.15, 0.2) is 46.3 Å². The lowest BCUT2D eigenvalue weighted by atomic mass is 10.1. The van der Waals surface area contributed by atoms with E-state index < -0.39 is 0 Å². The quantitative estimate of drug-likeness (QED) is 0.160. The van der Waals surface area contributed by atoms with Crippen LogP contribution in [0.3, 0.4) is 0 Å². The molecule has 0 saturated heterocycles. The number of nitrogens with one attached hydrogen (secondary N) is 2. The minimum atomic E-state index is -0.323. The van der Waals surface area contributed by atoms with Gasteiger partial charge in [0.25, 0.3) is 5.56 Å².